The van der Waals surface area contributed by atoms with Crippen LogP contribution in [0.4, 0.5) is 0 Å². The predicted molar refractivity (Wildman–Crippen MR) is 109 cm³/mol. The highest BCUT2D eigenvalue weighted by molar-refractivity contribution is 5.92. The fourth-order valence-electron chi connectivity index (χ4n) is 3.54. The third kappa shape index (κ3) is 4.53. The summed E-state index contributed by atoms with van der Waals surface area (Å²) >= 11 is 0. The molecule has 10 nitrogen and oxygen atoms in total. The maximum absolute atomic E-state index is 12.8. The molecule has 2 amide bonds. The number of carbonyl (C=O) groups is 2. The smallest absolute Gasteiger partial charge is 0.274 e. The maximum atomic E-state index is 12.8. The second-order valence-corrected chi connectivity index (χ2v) is 7.25. The summed E-state index contributed by atoms with van der Waals surface area (Å²) in [7, 11) is 1.53. The molecule has 1 atom stereocenters. The number of amides is 2. The van der Waals surface area contributed by atoms with Gasteiger partial charge in [-0.1, -0.05) is 12.1 Å². The first-order chi connectivity index (χ1) is 15.1. The van der Waals surface area contributed by atoms with Crippen molar-refractivity contribution in [2.75, 3.05) is 46.5 Å². The molecule has 0 radical (unpaired) electrons. The van der Waals surface area contributed by atoms with Gasteiger partial charge in [0.2, 0.25) is 6.10 Å². The summed E-state index contributed by atoms with van der Waals surface area (Å²) in [5.74, 6) is 0.745. The van der Waals surface area contributed by atoms with Crippen LogP contribution in [0, 0.1) is 0 Å². The first-order valence-electron chi connectivity index (χ1n) is 10.1. The molecule has 1 fully saturated rings. The summed E-state index contributed by atoms with van der Waals surface area (Å²) < 4.78 is 17.6. The van der Waals surface area contributed by atoms with E-state index in [0.29, 0.717) is 44.3 Å². The molecule has 0 saturated carbocycles. The van der Waals surface area contributed by atoms with Crippen molar-refractivity contribution >= 4 is 11.8 Å². The van der Waals surface area contributed by atoms with Crippen LogP contribution >= 0.6 is 0 Å². The van der Waals surface area contributed by atoms with Crippen LogP contribution in [0.1, 0.15) is 10.5 Å². The van der Waals surface area contributed by atoms with E-state index in [1.165, 1.54) is 23.9 Å². The fourth-order valence-corrected chi connectivity index (χ4v) is 3.54. The highest BCUT2D eigenvalue weighted by Crippen LogP contribution is 2.31. The van der Waals surface area contributed by atoms with Gasteiger partial charge in [-0.15, -0.1) is 0 Å². The lowest BCUT2D eigenvalue weighted by atomic mass is 10.2. The van der Waals surface area contributed by atoms with Crippen molar-refractivity contribution in [1.29, 1.82) is 0 Å². The summed E-state index contributed by atoms with van der Waals surface area (Å²) in [6.45, 7) is 2.25. The highest BCUT2D eigenvalue weighted by Gasteiger charge is 2.33. The van der Waals surface area contributed by atoms with E-state index in [1.54, 1.807) is 21.9 Å². The lowest BCUT2D eigenvalue weighted by Crippen LogP contribution is -2.55. The van der Waals surface area contributed by atoms with Gasteiger partial charge < -0.3 is 24.0 Å². The summed E-state index contributed by atoms with van der Waals surface area (Å²) in [5, 5.41) is 4.15. The van der Waals surface area contributed by atoms with Gasteiger partial charge in [0.1, 0.15) is 12.3 Å². The average molecular weight is 428 g/mol. The van der Waals surface area contributed by atoms with E-state index in [2.05, 4.69) is 5.10 Å². The second kappa shape index (κ2) is 9.17. The number of rotatable bonds is 5. The molecule has 0 aliphatic carbocycles. The van der Waals surface area contributed by atoms with Gasteiger partial charge in [0.25, 0.3) is 17.4 Å². The lowest BCUT2D eigenvalue weighted by molar-refractivity contribution is -0.142. The van der Waals surface area contributed by atoms with Crippen molar-refractivity contribution in [3.63, 3.8) is 0 Å². The molecule has 1 aromatic heterocycles. The summed E-state index contributed by atoms with van der Waals surface area (Å²) in [4.78, 5) is 40.9. The van der Waals surface area contributed by atoms with Gasteiger partial charge in [0.15, 0.2) is 11.5 Å². The summed E-state index contributed by atoms with van der Waals surface area (Å²) in [6, 6.07) is 9.99. The minimum Gasteiger partial charge on any atom is -0.485 e. The Bertz CT molecular complexity index is 1010. The largest absolute Gasteiger partial charge is 0.485 e. The second-order valence-electron chi connectivity index (χ2n) is 7.25. The molecule has 1 unspecified atom stereocenters. The molecule has 31 heavy (non-hydrogen) atoms. The Morgan fingerprint density at radius 1 is 1.06 bits per heavy atom. The van der Waals surface area contributed by atoms with Gasteiger partial charge in [-0.2, -0.15) is 5.10 Å². The minimum absolute atomic E-state index is 0.155. The van der Waals surface area contributed by atoms with E-state index in [-0.39, 0.29) is 36.2 Å². The molecule has 0 N–H and O–H groups in total. The van der Waals surface area contributed by atoms with Crippen LogP contribution in [-0.4, -0.2) is 84.0 Å². The average Bonchev–Trinajstić information content (AvgIpc) is 2.82. The molecule has 10 heteroatoms. The van der Waals surface area contributed by atoms with Crippen molar-refractivity contribution in [1.82, 2.24) is 19.6 Å². The molecule has 2 aliphatic heterocycles. The number of carbonyl (C=O) groups excluding carboxylic acids is 2. The number of ether oxygens (including phenoxy) is 3. The summed E-state index contributed by atoms with van der Waals surface area (Å²) in [5.41, 5.74) is -0.101. The first kappa shape index (κ1) is 20.9. The normalized spacial score (nSPS) is 18.0. The topological polar surface area (TPSA) is 103 Å². The van der Waals surface area contributed by atoms with Crippen molar-refractivity contribution in [2.45, 2.75) is 12.6 Å². The molecule has 3 heterocycles. The third-order valence-electron chi connectivity index (χ3n) is 5.26. The van der Waals surface area contributed by atoms with E-state index < -0.39 is 6.10 Å². The Morgan fingerprint density at radius 3 is 2.52 bits per heavy atom. The summed E-state index contributed by atoms with van der Waals surface area (Å²) in [6.07, 6.45) is -0.705. The number of hydrogen-bond donors (Lipinski definition) is 0. The Balaban J connectivity index is 1.35. The predicted octanol–water partition coefficient (Wildman–Crippen LogP) is 0.0141. The minimum atomic E-state index is -0.705. The number of fused-ring (bicyclic) bond motifs is 1. The van der Waals surface area contributed by atoms with Gasteiger partial charge in [-0.25, -0.2) is 4.68 Å². The molecular formula is C21H24N4O6. The van der Waals surface area contributed by atoms with Gasteiger partial charge in [0.05, 0.1) is 13.2 Å². The van der Waals surface area contributed by atoms with Crippen molar-refractivity contribution < 1.29 is 23.8 Å². The first-order valence-corrected chi connectivity index (χ1v) is 10.1. The monoisotopic (exact) mass is 428 g/mol. The molecule has 0 spiro atoms. The Labute approximate surface area is 178 Å². The number of hydrogen-bond acceptors (Lipinski definition) is 7. The number of aromatic nitrogens is 2. The maximum Gasteiger partial charge on any atom is 0.274 e. The molecule has 1 aromatic carbocycles. The lowest BCUT2D eigenvalue weighted by Gasteiger charge is -2.37. The molecule has 1 saturated heterocycles. The zero-order valence-corrected chi connectivity index (χ0v) is 17.2. The number of para-hydroxylation sites is 2. The van der Waals surface area contributed by atoms with Crippen LogP contribution in [0.15, 0.2) is 41.2 Å². The fraction of sp³-hybridized carbons (Fsp3) is 0.429. The van der Waals surface area contributed by atoms with Gasteiger partial charge >= 0.3 is 0 Å². The SMILES string of the molecule is COCCn1nc(C(=O)N2CCN(C(=O)C3COc4ccccc4O3)CC2)ccc1=O. The van der Waals surface area contributed by atoms with E-state index in [9.17, 15) is 14.4 Å². The van der Waals surface area contributed by atoms with Crippen LogP contribution in [-0.2, 0) is 16.1 Å². The van der Waals surface area contributed by atoms with Gasteiger partial charge in [0, 0.05) is 39.4 Å². The number of benzene rings is 1. The third-order valence-corrected chi connectivity index (χ3v) is 5.26. The van der Waals surface area contributed by atoms with E-state index in [1.807, 2.05) is 12.1 Å². The molecule has 2 aliphatic rings. The quantitative estimate of drug-likeness (QED) is 0.661. The van der Waals surface area contributed by atoms with Crippen molar-refractivity contribution in [3.05, 3.63) is 52.4 Å². The molecular weight excluding hydrogens is 404 g/mol. The number of nitrogens with zero attached hydrogens (tertiary/aromatic N) is 4. The van der Waals surface area contributed by atoms with Crippen molar-refractivity contribution in [3.8, 4) is 11.5 Å². The zero-order chi connectivity index (χ0) is 21.8. The standard InChI is InChI=1S/C21H24N4O6/c1-29-13-12-25-19(26)7-6-15(22-25)20(27)23-8-10-24(11-9-23)21(28)18-14-30-16-4-2-3-5-17(16)31-18/h2-7,18H,8-14H2,1H3. The zero-order valence-electron chi connectivity index (χ0n) is 17.2. The van der Waals surface area contributed by atoms with E-state index >= 15 is 0 Å². The van der Waals surface area contributed by atoms with Crippen LogP contribution < -0.4 is 15.0 Å². The van der Waals surface area contributed by atoms with Crippen LogP contribution in [0.2, 0.25) is 0 Å². The molecule has 0 bridgehead atoms. The highest BCUT2D eigenvalue weighted by atomic mass is 16.6. The Morgan fingerprint density at radius 2 is 1.77 bits per heavy atom. The Hall–Kier alpha value is -3.40. The van der Waals surface area contributed by atoms with Crippen LogP contribution in [0.25, 0.3) is 0 Å². The van der Waals surface area contributed by atoms with Crippen LogP contribution in [0.3, 0.4) is 0 Å². The van der Waals surface area contributed by atoms with Gasteiger partial charge in [-0.05, 0) is 18.2 Å². The molecule has 164 valence electrons. The van der Waals surface area contributed by atoms with Gasteiger partial charge in [-0.3, -0.25) is 14.4 Å². The molecule has 4 rings (SSSR count). The van der Waals surface area contributed by atoms with E-state index in [0.717, 1.165) is 0 Å². The number of methoxy groups -OCH3 is 1. The van der Waals surface area contributed by atoms with Crippen LogP contribution in [0.5, 0.6) is 11.5 Å². The molecule has 2 aromatic rings. The van der Waals surface area contributed by atoms with E-state index in [4.69, 9.17) is 14.2 Å². The van der Waals surface area contributed by atoms with Crippen molar-refractivity contribution in [2.24, 2.45) is 0 Å². The Kier molecular flexibility index (Phi) is 6.17. The number of piperazine rings is 1.